The summed E-state index contributed by atoms with van der Waals surface area (Å²) in [7, 11) is 1.90. The van der Waals surface area contributed by atoms with Crippen LogP contribution in [-0.4, -0.2) is 46.1 Å². The fourth-order valence-electron chi connectivity index (χ4n) is 4.59. The first-order valence-electron chi connectivity index (χ1n) is 9.85. The average Bonchev–Trinajstić information content (AvgIpc) is 3.34. The maximum Gasteiger partial charge on any atom is 0.225 e. The third kappa shape index (κ3) is 3.78. The molecule has 1 fully saturated rings. The number of aryl methyl sites for hydroxylation is 1. The molecule has 2 heterocycles. The second-order valence-corrected chi connectivity index (χ2v) is 9.21. The summed E-state index contributed by atoms with van der Waals surface area (Å²) in [6, 6.07) is 3.97. The highest BCUT2D eigenvalue weighted by Crippen LogP contribution is 2.39. The molecule has 4 rings (SSSR count). The van der Waals surface area contributed by atoms with Gasteiger partial charge in [0.1, 0.15) is 5.01 Å². The zero-order chi connectivity index (χ0) is 18.9. The molecular weight excluding hydrogens is 358 g/mol. The molecule has 6 heteroatoms. The van der Waals surface area contributed by atoms with Crippen LogP contribution in [0.4, 0.5) is 0 Å². The molecule has 0 saturated heterocycles. The van der Waals surface area contributed by atoms with Crippen molar-refractivity contribution in [1.82, 2.24) is 14.9 Å². The van der Waals surface area contributed by atoms with Gasteiger partial charge in [0.05, 0.1) is 12.3 Å². The molecule has 1 N–H and O–H groups in total. The van der Waals surface area contributed by atoms with Crippen LogP contribution in [0.2, 0.25) is 0 Å². The second-order valence-electron chi connectivity index (χ2n) is 8.12. The Morgan fingerprint density at radius 2 is 2.07 bits per heavy atom. The molecule has 0 aromatic carbocycles. The number of hydrogen-bond donors (Lipinski definition) is 1. The van der Waals surface area contributed by atoms with Crippen LogP contribution in [0.5, 0.6) is 0 Å². The number of amides is 1. The Balaban J connectivity index is 1.44. The summed E-state index contributed by atoms with van der Waals surface area (Å²) in [4.78, 5) is 25.1. The van der Waals surface area contributed by atoms with Crippen molar-refractivity contribution in [2.45, 2.75) is 44.9 Å². The summed E-state index contributed by atoms with van der Waals surface area (Å²) in [5, 5.41) is 10.9. The number of aliphatic hydroxyl groups is 1. The molecule has 0 aliphatic heterocycles. The van der Waals surface area contributed by atoms with Crippen molar-refractivity contribution in [2.75, 3.05) is 20.2 Å². The summed E-state index contributed by atoms with van der Waals surface area (Å²) in [5.41, 5.74) is 2.09. The molecule has 2 aliphatic carbocycles. The second kappa shape index (κ2) is 7.68. The van der Waals surface area contributed by atoms with E-state index in [0.717, 1.165) is 61.2 Å². The topological polar surface area (TPSA) is 66.3 Å². The van der Waals surface area contributed by atoms with Gasteiger partial charge in [-0.2, -0.15) is 0 Å². The lowest BCUT2D eigenvalue weighted by molar-refractivity contribution is -0.136. The van der Waals surface area contributed by atoms with Gasteiger partial charge in [-0.1, -0.05) is 12.8 Å². The molecule has 1 saturated carbocycles. The molecule has 0 radical (unpaired) electrons. The Labute approximate surface area is 164 Å². The molecule has 0 spiro atoms. The third-order valence-corrected chi connectivity index (χ3v) is 7.37. The molecule has 0 bridgehead atoms. The maximum atomic E-state index is 13.0. The van der Waals surface area contributed by atoms with Crippen LogP contribution >= 0.6 is 11.3 Å². The lowest BCUT2D eigenvalue weighted by atomic mass is 9.85. The number of carbonyl (C=O) groups excluding carboxylic acids is 1. The number of fused-ring (bicyclic) bond motifs is 1. The van der Waals surface area contributed by atoms with E-state index in [2.05, 4.69) is 4.98 Å². The molecule has 1 atom stereocenters. The van der Waals surface area contributed by atoms with Crippen molar-refractivity contribution < 1.29 is 9.90 Å². The number of carbonyl (C=O) groups is 1. The highest BCUT2D eigenvalue weighted by Gasteiger charge is 2.37. The van der Waals surface area contributed by atoms with Crippen molar-refractivity contribution in [2.24, 2.45) is 11.3 Å². The van der Waals surface area contributed by atoms with Gasteiger partial charge in [0.2, 0.25) is 5.91 Å². The van der Waals surface area contributed by atoms with E-state index in [9.17, 15) is 9.90 Å². The van der Waals surface area contributed by atoms with Gasteiger partial charge in [0, 0.05) is 54.2 Å². The lowest BCUT2D eigenvalue weighted by Crippen LogP contribution is -2.43. The van der Waals surface area contributed by atoms with Crippen LogP contribution in [0, 0.1) is 11.3 Å². The summed E-state index contributed by atoms with van der Waals surface area (Å²) < 4.78 is 0. The Bertz CT molecular complexity index is 799. The van der Waals surface area contributed by atoms with E-state index in [1.165, 1.54) is 4.88 Å². The number of hydrogen-bond acceptors (Lipinski definition) is 5. The molecule has 27 heavy (non-hydrogen) atoms. The van der Waals surface area contributed by atoms with Gasteiger partial charge in [-0.15, -0.1) is 11.3 Å². The molecule has 2 aliphatic rings. The molecular formula is C21H27N3O2S. The minimum absolute atomic E-state index is 0.00651. The van der Waals surface area contributed by atoms with Gasteiger partial charge in [0.15, 0.2) is 0 Å². The molecule has 1 unspecified atom stereocenters. The summed E-state index contributed by atoms with van der Waals surface area (Å²) >= 11 is 1.74. The van der Waals surface area contributed by atoms with Gasteiger partial charge < -0.3 is 10.0 Å². The standard InChI is InChI=1S/C21H27N3O2S/c1-24(13-21(14-25)8-2-3-9-21)20(26)16-4-5-18-17(12-16)23-19(27-18)15-6-10-22-11-7-15/h6-7,10-11,16,25H,2-5,8-9,12-14H2,1H3. The minimum atomic E-state index is -0.0839. The largest absolute Gasteiger partial charge is 0.396 e. The lowest BCUT2D eigenvalue weighted by Gasteiger charge is -2.34. The summed E-state index contributed by atoms with van der Waals surface area (Å²) in [6.07, 6.45) is 10.5. The molecule has 5 nitrogen and oxygen atoms in total. The Morgan fingerprint density at radius 3 is 2.78 bits per heavy atom. The van der Waals surface area contributed by atoms with Gasteiger partial charge in [-0.05, 0) is 37.8 Å². The fourth-order valence-corrected chi connectivity index (χ4v) is 5.70. The minimum Gasteiger partial charge on any atom is -0.396 e. The van der Waals surface area contributed by atoms with Crippen LogP contribution in [0.25, 0.3) is 10.6 Å². The van der Waals surface area contributed by atoms with Crippen LogP contribution in [0.1, 0.15) is 42.7 Å². The molecule has 144 valence electrons. The van der Waals surface area contributed by atoms with Crippen LogP contribution < -0.4 is 0 Å². The quantitative estimate of drug-likeness (QED) is 0.857. The highest BCUT2D eigenvalue weighted by atomic mass is 32.1. The first-order valence-corrected chi connectivity index (χ1v) is 10.7. The number of pyridine rings is 1. The first-order chi connectivity index (χ1) is 13.1. The fraction of sp³-hybridized carbons (Fsp3) is 0.571. The smallest absolute Gasteiger partial charge is 0.225 e. The van der Waals surface area contributed by atoms with Gasteiger partial charge in [-0.3, -0.25) is 9.78 Å². The van der Waals surface area contributed by atoms with Crippen molar-refractivity contribution in [3.05, 3.63) is 35.1 Å². The van der Waals surface area contributed by atoms with Crippen molar-refractivity contribution in [3.63, 3.8) is 0 Å². The monoisotopic (exact) mass is 385 g/mol. The first kappa shape index (κ1) is 18.6. The summed E-state index contributed by atoms with van der Waals surface area (Å²) in [6.45, 7) is 0.853. The molecule has 2 aromatic rings. The van der Waals surface area contributed by atoms with E-state index < -0.39 is 0 Å². The van der Waals surface area contributed by atoms with E-state index in [0.29, 0.717) is 6.54 Å². The van der Waals surface area contributed by atoms with E-state index in [1.54, 1.807) is 23.7 Å². The van der Waals surface area contributed by atoms with Crippen LogP contribution in [0.3, 0.4) is 0 Å². The molecule has 1 amide bonds. The Kier molecular flexibility index (Phi) is 5.28. The number of aliphatic hydroxyl groups excluding tert-OH is 1. The normalized spacial score (nSPS) is 21.0. The third-order valence-electron chi connectivity index (χ3n) is 6.16. The number of aromatic nitrogens is 2. The van der Waals surface area contributed by atoms with Gasteiger partial charge in [0.25, 0.3) is 0 Å². The van der Waals surface area contributed by atoms with Crippen molar-refractivity contribution in [3.8, 4) is 10.6 Å². The Hall–Kier alpha value is -1.79. The van der Waals surface area contributed by atoms with E-state index in [4.69, 9.17) is 4.98 Å². The highest BCUT2D eigenvalue weighted by molar-refractivity contribution is 7.15. The number of rotatable bonds is 5. The molecule has 2 aromatic heterocycles. The van der Waals surface area contributed by atoms with E-state index in [1.807, 2.05) is 24.1 Å². The maximum absolute atomic E-state index is 13.0. The van der Waals surface area contributed by atoms with Crippen molar-refractivity contribution >= 4 is 17.2 Å². The SMILES string of the molecule is CN(CC1(CO)CCCC1)C(=O)C1CCc2sc(-c3ccncc3)nc2C1. The van der Waals surface area contributed by atoms with Crippen molar-refractivity contribution in [1.29, 1.82) is 0 Å². The number of thiazole rings is 1. The zero-order valence-corrected chi connectivity index (χ0v) is 16.7. The average molecular weight is 386 g/mol. The number of nitrogens with zero attached hydrogens (tertiary/aromatic N) is 3. The van der Waals surface area contributed by atoms with E-state index >= 15 is 0 Å². The van der Waals surface area contributed by atoms with Gasteiger partial charge >= 0.3 is 0 Å². The van der Waals surface area contributed by atoms with Crippen LogP contribution in [0.15, 0.2) is 24.5 Å². The Morgan fingerprint density at radius 1 is 1.33 bits per heavy atom. The predicted molar refractivity (Wildman–Crippen MR) is 106 cm³/mol. The predicted octanol–water partition coefficient (Wildman–Crippen LogP) is 3.32. The van der Waals surface area contributed by atoms with Gasteiger partial charge in [-0.25, -0.2) is 4.98 Å². The summed E-state index contributed by atoms with van der Waals surface area (Å²) in [5.74, 6) is 0.214. The zero-order valence-electron chi connectivity index (χ0n) is 15.9. The van der Waals surface area contributed by atoms with E-state index in [-0.39, 0.29) is 23.8 Å². The van der Waals surface area contributed by atoms with Crippen LogP contribution in [-0.2, 0) is 17.6 Å².